The first-order chi connectivity index (χ1) is 6.20. The maximum absolute atomic E-state index is 5.85. The lowest BCUT2D eigenvalue weighted by atomic mass is 10.2. The lowest BCUT2D eigenvalue weighted by Crippen LogP contribution is -2.07. The number of pyridine rings is 1. The molecule has 0 aromatic carbocycles. The minimum absolute atomic E-state index is 0.0873. The molecule has 2 heterocycles. The molecule has 0 saturated carbocycles. The normalized spacial score (nSPS) is 13.5. The van der Waals surface area contributed by atoms with Gasteiger partial charge in [0.15, 0.2) is 0 Å². The van der Waals surface area contributed by atoms with E-state index in [1.54, 1.807) is 0 Å². The summed E-state index contributed by atoms with van der Waals surface area (Å²) in [5, 5.41) is 0. The first-order valence-electron chi connectivity index (χ1n) is 4.52. The van der Waals surface area contributed by atoms with Gasteiger partial charge in [0.25, 0.3) is 0 Å². The summed E-state index contributed by atoms with van der Waals surface area (Å²) < 4.78 is 2.15. The Bertz CT molecular complexity index is 427. The molecule has 2 aromatic heterocycles. The summed E-state index contributed by atoms with van der Waals surface area (Å²) in [6.45, 7) is 4.12. The Kier molecular flexibility index (Phi) is 1.85. The van der Waals surface area contributed by atoms with Crippen LogP contribution in [-0.2, 0) is 0 Å². The Labute approximate surface area is 78.0 Å². The van der Waals surface area contributed by atoms with E-state index in [9.17, 15) is 0 Å². The van der Waals surface area contributed by atoms with E-state index in [0.717, 1.165) is 0 Å². The number of aryl methyl sites for hydroxylation is 1. The summed E-state index contributed by atoms with van der Waals surface area (Å²) >= 11 is 0. The lowest BCUT2D eigenvalue weighted by molar-refractivity contribution is 0.769. The van der Waals surface area contributed by atoms with Crippen LogP contribution in [0.4, 0.5) is 0 Å². The van der Waals surface area contributed by atoms with Gasteiger partial charge in [-0.25, -0.2) is 0 Å². The average molecular weight is 174 g/mol. The smallest absolute Gasteiger partial charge is 0.0482 e. The summed E-state index contributed by atoms with van der Waals surface area (Å²) in [6.07, 6.45) is 2.06. The zero-order valence-electron chi connectivity index (χ0n) is 7.99. The highest BCUT2D eigenvalue weighted by atomic mass is 14.9. The van der Waals surface area contributed by atoms with Gasteiger partial charge in [-0.3, -0.25) is 0 Å². The van der Waals surface area contributed by atoms with Gasteiger partial charge in [0, 0.05) is 23.4 Å². The monoisotopic (exact) mass is 174 g/mol. The van der Waals surface area contributed by atoms with E-state index in [-0.39, 0.29) is 6.04 Å². The standard InChI is InChI=1S/C11H14N2/c1-8-4-3-7-13-10(8)5-6-11(13)9(2)12/h3-7,9H,12H2,1-2H3. The number of nitrogens with zero attached hydrogens (tertiary/aromatic N) is 1. The third-order valence-electron chi connectivity index (χ3n) is 2.40. The third-order valence-corrected chi connectivity index (χ3v) is 2.40. The number of hydrogen-bond donors (Lipinski definition) is 1. The number of rotatable bonds is 1. The highest BCUT2D eigenvalue weighted by Crippen LogP contribution is 2.17. The number of hydrogen-bond acceptors (Lipinski definition) is 1. The molecule has 0 fully saturated rings. The minimum atomic E-state index is 0.0873. The Morgan fingerprint density at radius 3 is 2.77 bits per heavy atom. The third kappa shape index (κ3) is 1.23. The molecule has 0 aliphatic heterocycles. The summed E-state index contributed by atoms with van der Waals surface area (Å²) in [5.74, 6) is 0. The van der Waals surface area contributed by atoms with Gasteiger partial charge in [0.05, 0.1) is 0 Å². The van der Waals surface area contributed by atoms with E-state index < -0.39 is 0 Å². The molecular formula is C11H14N2. The van der Waals surface area contributed by atoms with Crippen molar-refractivity contribution in [1.29, 1.82) is 0 Å². The van der Waals surface area contributed by atoms with Crippen molar-refractivity contribution >= 4 is 5.52 Å². The summed E-state index contributed by atoms with van der Waals surface area (Å²) in [7, 11) is 0. The molecule has 2 rings (SSSR count). The van der Waals surface area contributed by atoms with Crippen LogP contribution in [0.25, 0.3) is 5.52 Å². The Morgan fingerprint density at radius 1 is 1.31 bits per heavy atom. The van der Waals surface area contributed by atoms with Crippen molar-refractivity contribution in [2.45, 2.75) is 19.9 Å². The Hall–Kier alpha value is -1.28. The van der Waals surface area contributed by atoms with Crippen LogP contribution in [0.2, 0.25) is 0 Å². The molecule has 1 unspecified atom stereocenters. The quantitative estimate of drug-likeness (QED) is 0.706. The maximum atomic E-state index is 5.85. The van der Waals surface area contributed by atoms with Crippen LogP contribution in [0.15, 0.2) is 30.5 Å². The van der Waals surface area contributed by atoms with E-state index in [1.807, 2.05) is 13.0 Å². The van der Waals surface area contributed by atoms with Crippen molar-refractivity contribution in [2.75, 3.05) is 0 Å². The van der Waals surface area contributed by atoms with E-state index in [2.05, 4.69) is 35.7 Å². The molecule has 68 valence electrons. The van der Waals surface area contributed by atoms with Crippen LogP contribution < -0.4 is 5.73 Å². The molecule has 0 aliphatic carbocycles. The highest BCUT2D eigenvalue weighted by Gasteiger charge is 2.05. The lowest BCUT2D eigenvalue weighted by Gasteiger charge is -2.06. The summed E-state index contributed by atoms with van der Waals surface area (Å²) in [5.41, 5.74) is 9.55. The molecule has 0 radical (unpaired) electrons. The van der Waals surface area contributed by atoms with Gasteiger partial charge in [-0.1, -0.05) is 6.07 Å². The van der Waals surface area contributed by atoms with E-state index in [1.165, 1.54) is 16.8 Å². The van der Waals surface area contributed by atoms with Crippen LogP contribution in [0.3, 0.4) is 0 Å². The fourth-order valence-electron chi connectivity index (χ4n) is 1.68. The highest BCUT2D eigenvalue weighted by molar-refractivity contribution is 5.56. The molecule has 1 atom stereocenters. The Balaban J connectivity index is 2.75. The fraction of sp³-hybridized carbons (Fsp3) is 0.273. The predicted molar refractivity (Wildman–Crippen MR) is 54.7 cm³/mol. The zero-order chi connectivity index (χ0) is 9.42. The van der Waals surface area contributed by atoms with Gasteiger partial charge < -0.3 is 10.1 Å². The minimum Gasteiger partial charge on any atom is -0.323 e. The first kappa shape index (κ1) is 8.32. The van der Waals surface area contributed by atoms with Crippen molar-refractivity contribution in [2.24, 2.45) is 5.73 Å². The predicted octanol–water partition coefficient (Wildman–Crippen LogP) is 2.27. The summed E-state index contributed by atoms with van der Waals surface area (Å²) in [6, 6.07) is 8.46. The molecule has 2 heteroatoms. The first-order valence-corrected chi connectivity index (χ1v) is 4.52. The van der Waals surface area contributed by atoms with E-state index in [0.29, 0.717) is 0 Å². The maximum Gasteiger partial charge on any atom is 0.0482 e. The van der Waals surface area contributed by atoms with Gasteiger partial charge >= 0.3 is 0 Å². The van der Waals surface area contributed by atoms with Crippen LogP contribution in [0, 0.1) is 6.92 Å². The molecule has 0 spiro atoms. The molecular weight excluding hydrogens is 160 g/mol. The molecule has 0 bridgehead atoms. The second kappa shape index (κ2) is 2.89. The van der Waals surface area contributed by atoms with Crippen molar-refractivity contribution < 1.29 is 0 Å². The van der Waals surface area contributed by atoms with Gasteiger partial charge in [0.1, 0.15) is 0 Å². The fourth-order valence-corrected chi connectivity index (χ4v) is 1.68. The van der Waals surface area contributed by atoms with Crippen LogP contribution in [0.1, 0.15) is 24.2 Å². The number of aromatic nitrogens is 1. The SMILES string of the molecule is Cc1cccn2c(C(C)N)ccc12. The number of nitrogens with two attached hydrogens (primary N) is 1. The molecule has 13 heavy (non-hydrogen) atoms. The van der Waals surface area contributed by atoms with Crippen LogP contribution in [0.5, 0.6) is 0 Å². The molecule has 2 N–H and O–H groups in total. The second-order valence-corrected chi connectivity index (χ2v) is 3.49. The van der Waals surface area contributed by atoms with Crippen molar-refractivity contribution in [3.63, 3.8) is 0 Å². The van der Waals surface area contributed by atoms with Crippen LogP contribution in [-0.4, -0.2) is 4.40 Å². The zero-order valence-corrected chi connectivity index (χ0v) is 7.99. The van der Waals surface area contributed by atoms with Crippen molar-refractivity contribution in [3.8, 4) is 0 Å². The average Bonchev–Trinajstić information content (AvgIpc) is 2.48. The van der Waals surface area contributed by atoms with E-state index >= 15 is 0 Å². The molecule has 2 aromatic rings. The van der Waals surface area contributed by atoms with Gasteiger partial charge in [-0.2, -0.15) is 0 Å². The van der Waals surface area contributed by atoms with Crippen LogP contribution >= 0.6 is 0 Å². The largest absolute Gasteiger partial charge is 0.323 e. The summed E-state index contributed by atoms with van der Waals surface area (Å²) in [4.78, 5) is 0. The number of fused-ring (bicyclic) bond motifs is 1. The second-order valence-electron chi connectivity index (χ2n) is 3.49. The molecule has 0 aliphatic rings. The molecule has 2 nitrogen and oxygen atoms in total. The topological polar surface area (TPSA) is 30.4 Å². The Morgan fingerprint density at radius 2 is 2.08 bits per heavy atom. The van der Waals surface area contributed by atoms with E-state index in [4.69, 9.17) is 5.73 Å². The van der Waals surface area contributed by atoms with Gasteiger partial charge in [-0.05, 0) is 37.6 Å². The molecule has 0 amide bonds. The van der Waals surface area contributed by atoms with Crippen molar-refractivity contribution in [3.05, 3.63) is 41.7 Å². The molecule has 0 saturated heterocycles. The van der Waals surface area contributed by atoms with Gasteiger partial charge in [-0.15, -0.1) is 0 Å². The van der Waals surface area contributed by atoms with Gasteiger partial charge in [0.2, 0.25) is 0 Å². The van der Waals surface area contributed by atoms with Crippen molar-refractivity contribution in [1.82, 2.24) is 4.40 Å².